The molecule has 3 heterocycles. The van der Waals surface area contributed by atoms with Crippen LogP contribution in [0, 0.1) is 0 Å². The number of hydrogen-bond acceptors (Lipinski definition) is 36. The minimum Gasteiger partial charge on any atom is -0.463 e. The lowest BCUT2D eigenvalue weighted by Gasteiger charge is -2.44. The van der Waals surface area contributed by atoms with E-state index in [-0.39, 0.29) is 32.7 Å². The maximum Gasteiger partial charge on any atom is 0.408 e. The first-order valence-corrected chi connectivity index (χ1v) is 36.8. The average molecular weight is 1650 g/mol. The van der Waals surface area contributed by atoms with Crippen molar-refractivity contribution < 1.29 is 172 Å². The van der Waals surface area contributed by atoms with Gasteiger partial charge >= 0.3 is 77.7 Å². The summed E-state index contributed by atoms with van der Waals surface area (Å²) >= 11 is 0. The molecule has 0 saturated carbocycles. The van der Waals surface area contributed by atoms with Crippen LogP contribution in [0.25, 0.3) is 0 Å². The molecule has 5 rings (SSSR count). The Balaban J connectivity index is 1.52. The van der Waals surface area contributed by atoms with Gasteiger partial charge in [-0.05, 0) is 30.4 Å². The first-order valence-electron chi connectivity index (χ1n) is 36.8. The molecule has 2 aromatic carbocycles. The Kier molecular flexibility index (Phi) is 39.9. The molecule has 3 aliphatic rings. The molecule has 0 unspecified atom stereocenters. The summed E-state index contributed by atoms with van der Waals surface area (Å²) in [5.74, 6) is -13.8. The molecule has 2 aromatic rings. The van der Waals surface area contributed by atoms with E-state index in [1.807, 2.05) is 0 Å². The predicted octanol–water partition coefficient (Wildman–Crippen LogP) is 0.367. The van der Waals surface area contributed by atoms with Crippen molar-refractivity contribution in [1.29, 1.82) is 0 Å². The van der Waals surface area contributed by atoms with Gasteiger partial charge in [0.15, 0.2) is 73.8 Å². The van der Waals surface area contributed by atoms with Gasteiger partial charge in [0, 0.05) is 134 Å². The number of carbonyl (C=O) groups excluding carboxylic acids is 17. The van der Waals surface area contributed by atoms with Crippen LogP contribution in [0.3, 0.4) is 0 Å². The fourth-order valence-electron chi connectivity index (χ4n) is 12.3. The molecule has 0 spiro atoms. The fraction of sp³-hybridized carbons (Fsp3) is 0.613. The number of esters is 12. The van der Waals surface area contributed by atoms with Crippen LogP contribution >= 0.6 is 0 Å². The van der Waals surface area contributed by atoms with Crippen molar-refractivity contribution in [2.45, 2.75) is 238 Å². The van der Waals surface area contributed by atoms with Crippen molar-refractivity contribution in [2.75, 3.05) is 59.3 Å². The molecule has 16 atom stereocenters. The van der Waals surface area contributed by atoms with Crippen LogP contribution in [0.5, 0.6) is 0 Å². The second-order valence-corrected chi connectivity index (χ2v) is 26.6. The molecule has 41 nitrogen and oxygen atoms in total. The third kappa shape index (κ3) is 34.2. The maximum absolute atomic E-state index is 15.3. The third-order valence-electron chi connectivity index (χ3n) is 16.9. The molecule has 3 aliphatic heterocycles. The summed E-state index contributed by atoms with van der Waals surface area (Å²) in [6.07, 6.45) is -27.6. The summed E-state index contributed by atoms with van der Waals surface area (Å²) in [7, 11) is 0. The molecule has 642 valence electrons. The molecule has 5 amide bonds. The largest absolute Gasteiger partial charge is 0.463 e. The number of benzene rings is 2. The van der Waals surface area contributed by atoms with E-state index in [0.29, 0.717) is 11.1 Å². The molecular weight excluding hydrogens is 1550 g/mol. The SMILES string of the molecule is CC(=O)OC[C@H]1O[C@@H](OCCNC(=O)CCC(CCC(=O)NCCO[C@@H]2O[C@H](COC(C)=O)[C@H](OC(C)=O)[C@H](OC(C)=O)[C@H]2OC(C)=O)(CCC(=O)NCCO[C@@H]2O[C@H](COC(C)=O)[C@H](OC(C)=O)[C@H](OC(C)=O)[C@H]2OC(C)=O)NC(=O)[C@H](Cc2ccccc2)NC(=O)OCc2ccccc2)[C@H](OC(C)=O)[C@@H](OC(C)=O)[C@H]1OC(C)=O. The molecule has 0 aliphatic carbocycles. The Morgan fingerprint density at radius 3 is 0.905 bits per heavy atom. The van der Waals surface area contributed by atoms with Crippen molar-refractivity contribution >= 4 is 101 Å². The van der Waals surface area contributed by atoms with E-state index in [9.17, 15) is 76.7 Å². The summed E-state index contributed by atoms with van der Waals surface area (Å²) < 4.78 is 106. The highest BCUT2D eigenvalue weighted by atomic mass is 16.8. The molecule has 41 heteroatoms. The number of rotatable bonds is 43. The zero-order valence-corrected chi connectivity index (χ0v) is 66.2. The van der Waals surface area contributed by atoms with Gasteiger partial charge in [-0.15, -0.1) is 0 Å². The van der Waals surface area contributed by atoms with Crippen molar-refractivity contribution in [1.82, 2.24) is 26.6 Å². The van der Waals surface area contributed by atoms with E-state index in [2.05, 4.69) is 26.6 Å². The second-order valence-electron chi connectivity index (χ2n) is 26.6. The third-order valence-corrected chi connectivity index (χ3v) is 16.9. The van der Waals surface area contributed by atoms with E-state index in [1.165, 1.54) is 0 Å². The Labute approximate surface area is 666 Å². The highest BCUT2D eigenvalue weighted by Gasteiger charge is 2.56. The normalized spacial score (nSPS) is 23.0. The van der Waals surface area contributed by atoms with Gasteiger partial charge in [-0.25, -0.2) is 4.79 Å². The maximum atomic E-state index is 15.3. The Morgan fingerprint density at radius 1 is 0.345 bits per heavy atom. The summed E-state index contributed by atoms with van der Waals surface area (Å²) in [6, 6.07) is 15.5. The first kappa shape index (κ1) is 95.6. The average Bonchev–Trinajstić information content (AvgIpc) is 0.799. The van der Waals surface area contributed by atoms with Gasteiger partial charge in [0.1, 0.15) is 50.8 Å². The van der Waals surface area contributed by atoms with E-state index in [1.54, 1.807) is 60.7 Å². The molecule has 3 fully saturated rings. The lowest BCUT2D eigenvalue weighted by molar-refractivity contribution is -0.307. The molecule has 116 heavy (non-hydrogen) atoms. The summed E-state index contributed by atoms with van der Waals surface area (Å²) in [5.41, 5.74) is -0.718. The number of ether oxygens (including phenoxy) is 19. The highest BCUT2D eigenvalue weighted by Crippen LogP contribution is 2.34. The van der Waals surface area contributed by atoms with Gasteiger partial charge in [-0.3, -0.25) is 76.7 Å². The monoisotopic (exact) mass is 1650 g/mol. The van der Waals surface area contributed by atoms with E-state index in [0.717, 1.165) is 83.1 Å². The van der Waals surface area contributed by atoms with Crippen LogP contribution in [-0.2, 0) is 180 Å². The van der Waals surface area contributed by atoms with E-state index < -0.39 is 283 Å². The quantitative estimate of drug-likeness (QED) is 0.0340. The molecular formula is C75H101N5O36. The number of carbonyl (C=O) groups is 17. The van der Waals surface area contributed by atoms with Gasteiger partial charge < -0.3 is 117 Å². The molecule has 3 saturated heterocycles. The van der Waals surface area contributed by atoms with Crippen LogP contribution in [0.1, 0.15) is 133 Å². The lowest BCUT2D eigenvalue weighted by atomic mass is 9.82. The van der Waals surface area contributed by atoms with Crippen LogP contribution < -0.4 is 26.6 Å². The van der Waals surface area contributed by atoms with Crippen LogP contribution in [-0.4, -0.2) is 264 Å². The number of alkyl carbamates (subject to hydrolysis) is 1. The van der Waals surface area contributed by atoms with Gasteiger partial charge in [0.2, 0.25) is 23.6 Å². The van der Waals surface area contributed by atoms with Gasteiger partial charge in [-0.2, -0.15) is 0 Å². The van der Waals surface area contributed by atoms with E-state index in [4.69, 9.17) is 90.0 Å². The summed E-state index contributed by atoms with van der Waals surface area (Å²) in [6.45, 7) is 7.94. The molecule has 5 N–H and O–H groups in total. The summed E-state index contributed by atoms with van der Waals surface area (Å²) in [5, 5.41) is 13.6. The Morgan fingerprint density at radius 2 is 0.621 bits per heavy atom. The second kappa shape index (κ2) is 48.4. The first-order chi connectivity index (χ1) is 54.9. The number of nitrogens with one attached hydrogen (secondary N) is 5. The zero-order valence-electron chi connectivity index (χ0n) is 66.2. The topological polar surface area (TPSA) is 526 Å². The zero-order chi connectivity index (χ0) is 85.8. The molecule has 0 bridgehead atoms. The number of hydrogen-bond donors (Lipinski definition) is 5. The van der Waals surface area contributed by atoms with Gasteiger partial charge in [-0.1, -0.05) is 60.7 Å². The van der Waals surface area contributed by atoms with Crippen molar-refractivity contribution in [2.24, 2.45) is 0 Å². The fourth-order valence-corrected chi connectivity index (χ4v) is 12.3. The van der Waals surface area contributed by atoms with E-state index >= 15 is 4.79 Å². The predicted molar refractivity (Wildman–Crippen MR) is 385 cm³/mol. The Bertz CT molecular complexity index is 3420. The van der Waals surface area contributed by atoms with Crippen LogP contribution in [0.4, 0.5) is 4.79 Å². The minimum absolute atomic E-state index is 0.191. The van der Waals surface area contributed by atoms with Crippen molar-refractivity contribution in [3.8, 4) is 0 Å². The molecule has 0 radical (unpaired) electrons. The van der Waals surface area contributed by atoms with Crippen molar-refractivity contribution in [3.05, 3.63) is 71.8 Å². The number of amides is 5. The molecule has 0 aromatic heterocycles. The minimum atomic E-state index is -1.84. The standard InChI is InChI=1S/C75H101N5O36/c1-40(81)101-37-55-61(105-43(4)84)64(108-46(7)87)67(111-49(10)90)71(114-55)98-32-29-76-58(93)23-26-75(80-70(96)54(35-52-19-15-13-16-20-52)79-74(97)104-36-53-21-17-14-18-22-53,27-24-59(94)77-30-33-99-72-68(112-50(11)91)65(109-47(8)88)62(106-44(5)85)56(115-72)38-102-41(2)82)28-25-60(95)78-31-34-100-73-69(113-51(12)92)66(110-48(9)89)63(107-45(6)86)57(116-73)39-103-42(3)83/h13-22,54-57,61-69,71-73H,23-39H2,1-12H3,(H,76,93)(H,77,94)(H,78,95)(H,79,97)(H,80,96)/t54-,55+,56+,57+,61-,62-,63-,64-,65-,66-,67+,68+,69+,71+,72+,73+/m0/s1. The van der Waals surface area contributed by atoms with Gasteiger partial charge in [0.25, 0.3) is 0 Å². The highest BCUT2D eigenvalue weighted by molar-refractivity contribution is 5.87. The lowest BCUT2D eigenvalue weighted by Crippen LogP contribution is -2.63. The van der Waals surface area contributed by atoms with Crippen LogP contribution in [0.15, 0.2) is 60.7 Å². The van der Waals surface area contributed by atoms with Crippen molar-refractivity contribution in [3.63, 3.8) is 0 Å². The smallest absolute Gasteiger partial charge is 0.408 e. The van der Waals surface area contributed by atoms with Gasteiger partial charge in [0.05, 0.1) is 19.8 Å². The van der Waals surface area contributed by atoms with Crippen LogP contribution in [0.2, 0.25) is 0 Å². The Hall–Kier alpha value is -11.0. The summed E-state index contributed by atoms with van der Waals surface area (Å²) in [4.78, 5) is 221.